The molecular weight excluding hydrogens is 202 g/mol. The van der Waals surface area contributed by atoms with E-state index in [1.54, 1.807) is 10.7 Å². The third-order valence-electron chi connectivity index (χ3n) is 2.92. The van der Waals surface area contributed by atoms with Crippen molar-refractivity contribution >= 4 is 11.5 Å². The summed E-state index contributed by atoms with van der Waals surface area (Å²) in [7, 11) is 0. The molecule has 1 unspecified atom stereocenters. The molecule has 0 saturated carbocycles. The molecule has 2 rings (SSSR count). The zero-order chi connectivity index (χ0) is 11.6. The molecule has 0 spiro atoms. The number of hydrogen-bond acceptors (Lipinski definition) is 4. The first-order chi connectivity index (χ1) is 7.67. The SMILES string of the molecule is CCC(C)(CN)Nc1ccn2nccc2n1. The van der Waals surface area contributed by atoms with Crippen molar-refractivity contribution in [1.82, 2.24) is 14.6 Å². The Bertz CT molecular complexity index is 472. The Labute approximate surface area is 94.7 Å². The van der Waals surface area contributed by atoms with Gasteiger partial charge in [0.05, 0.1) is 6.20 Å². The number of hydrogen-bond donors (Lipinski definition) is 2. The molecule has 0 saturated heterocycles. The van der Waals surface area contributed by atoms with Gasteiger partial charge >= 0.3 is 0 Å². The van der Waals surface area contributed by atoms with Crippen molar-refractivity contribution in [2.24, 2.45) is 5.73 Å². The van der Waals surface area contributed by atoms with E-state index in [2.05, 4.69) is 29.2 Å². The van der Waals surface area contributed by atoms with Gasteiger partial charge in [0.2, 0.25) is 0 Å². The summed E-state index contributed by atoms with van der Waals surface area (Å²) in [6.07, 6.45) is 4.57. The molecule has 0 radical (unpaired) electrons. The van der Waals surface area contributed by atoms with Gasteiger partial charge in [0.15, 0.2) is 5.65 Å². The highest BCUT2D eigenvalue weighted by atomic mass is 15.2. The third kappa shape index (κ3) is 1.99. The van der Waals surface area contributed by atoms with E-state index in [4.69, 9.17) is 5.73 Å². The van der Waals surface area contributed by atoms with E-state index < -0.39 is 0 Å². The summed E-state index contributed by atoms with van der Waals surface area (Å²) in [6, 6.07) is 3.78. The fourth-order valence-electron chi connectivity index (χ4n) is 1.48. The van der Waals surface area contributed by atoms with Crippen molar-refractivity contribution in [2.45, 2.75) is 25.8 Å². The maximum Gasteiger partial charge on any atom is 0.157 e. The minimum atomic E-state index is -0.106. The lowest BCUT2D eigenvalue weighted by molar-refractivity contribution is 0.504. The van der Waals surface area contributed by atoms with Crippen LogP contribution in [-0.2, 0) is 0 Å². The highest BCUT2D eigenvalue weighted by Crippen LogP contribution is 2.15. The van der Waals surface area contributed by atoms with E-state index in [1.165, 1.54) is 0 Å². The van der Waals surface area contributed by atoms with Crippen molar-refractivity contribution in [3.8, 4) is 0 Å². The van der Waals surface area contributed by atoms with E-state index in [0.717, 1.165) is 17.9 Å². The molecule has 0 bridgehead atoms. The Balaban J connectivity index is 2.26. The molecular formula is C11H17N5. The van der Waals surface area contributed by atoms with Gasteiger partial charge in [-0.25, -0.2) is 9.50 Å². The number of aromatic nitrogens is 3. The second kappa shape index (κ2) is 4.09. The first-order valence-corrected chi connectivity index (χ1v) is 5.45. The van der Waals surface area contributed by atoms with Crippen molar-refractivity contribution < 1.29 is 0 Å². The predicted octanol–water partition coefficient (Wildman–Crippen LogP) is 1.27. The van der Waals surface area contributed by atoms with Gasteiger partial charge < -0.3 is 11.1 Å². The topological polar surface area (TPSA) is 68.2 Å². The Hall–Kier alpha value is -1.62. The Morgan fingerprint density at radius 3 is 3.00 bits per heavy atom. The molecule has 0 aliphatic rings. The van der Waals surface area contributed by atoms with Crippen LogP contribution in [0.5, 0.6) is 0 Å². The first kappa shape index (κ1) is 10.9. The Morgan fingerprint density at radius 2 is 2.31 bits per heavy atom. The molecule has 2 heterocycles. The second-order valence-electron chi connectivity index (χ2n) is 4.19. The standard InChI is InChI=1S/C11H17N5/c1-3-11(2,8-12)15-9-5-7-16-10(14-9)4-6-13-16/h4-7H,3,8,12H2,1-2H3,(H,14,15). The maximum absolute atomic E-state index is 5.75. The zero-order valence-electron chi connectivity index (χ0n) is 9.64. The van der Waals surface area contributed by atoms with Crippen LogP contribution < -0.4 is 11.1 Å². The van der Waals surface area contributed by atoms with Gasteiger partial charge in [-0.1, -0.05) is 6.92 Å². The summed E-state index contributed by atoms with van der Waals surface area (Å²) in [5, 5.41) is 7.46. The molecule has 0 fully saturated rings. The summed E-state index contributed by atoms with van der Waals surface area (Å²) in [5.41, 5.74) is 6.48. The lowest BCUT2D eigenvalue weighted by Gasteiger charge is -2.28. The number of rotatable bonds is 4. The number of anilines is 1. The normalized spacial score (nSPS) is 14.9. The summed E-state index contributed by atoms with van der Waals surface area (Å²) in [6.45, 7) is 4.78. The quantitative estimate of drug-likeness (QED) is 0.812. The molecule has 0 aliphatic carbocycles. The van der Waals surface area contributed by atoms with Crippen LogP contribution in [0.15, 0.2) is 24.5 Å². The van der Waals surface area contributed by atoms with Crippen molar-refractivity contribution in [3.05, 3.63) is 24.5 Å². The fourth-order valence-corrected chi connectivity index (χ4v) is 1.48. The number of nitrogens with zero attached hydrogens (tertiary/aromatic N) is 3. The molecule has 0 aromatic carbocycles. The van der Waals surface area contributed by atoms with Gasteiger partial charge in [0.1, 0.15) is 5.82 Å². The lowest BCUT2D eigenvalue weighted by Crippen LogP contribution is -2.42. The Morgan fingerprint density at radius 1 is 1.50 bits per heavy atom. The van der Waals surface area contributed by atoms with Gasteiger partial charge in [-0.3, -0.25) is 0 Å². The summed E-state index contributed by atoms with van der Waals surface area (Å²) < 4.78 is 1.73. The molecule has 86 valence electrons. The average molecular weight is 219 g/mol. The highest BCUT2D eigenvalue weighted by Gasteiger charge is 2.19. The van der Waals surface area contributed by atoms with Crippen LogP contribution in [0.25, 0.3) is 5.65 Å². The molecule has 1 atom stereocenters. The largest absolute Gasteiger partial charge is 0.364 e. The van der Waals surface area contributed by atoms with Gasteiger partial charge in [-0.15, -0.1) is 0 Å². The van der Waals surface area contributed by atoms with Gasteiger partial charge in [-0.05, 0) is 19.4 Å². The summed E-state index contributed by atoms with van der Waals surface area (Å²) in [5.74, 6) is 0.836. The monoisotopic (exact) mass is 219 g/mol. The van der Waals surface area contributed by atoms with Gasteiger partial charge in [-0.2, -0.15) is 5.10 Å². The molecule has 5 nitrogen and oxygen atoms in total. The predicted molar refractivity (Wildman–Crippen MR) is 64.4 cm³/mol. The molecule has 5 heteroatoms. The number of nitrogens with two attached hydrogens (primary N) is 1. The van der Waals surface area contributed by atoms with Crippen LogP contribution in [0, 0.1) is 0 Å². The number of nitrogens with one attached hydrogen (secondary N) is 1. The van der Waals surface area contributed by atoms with E-state index in [1.807, 2.05) is 18.3 Å². The molecule has 2 aromatic rings. The van der Waals surface area contributed by atoms with Crippen LogP contribution in [0.1, 0.15) is 20.3 Å². The van der Waals surface area contributed by atoms with Gasteiger partial charge in [0, 0.05) is 24.3 Å². The third-order valence-corrected chi connectivity index (χ3v) is 2.92. The van der Waals surface area contributed by atoms with Crippen molar-refractivity contribution in [2.75, 3.05) is 11.9 Å². The van der Waals surface area contributed by atoms with E-state index in [9.17, 15) is 0 Å². The Kier molecular flexibility index (Phi) is 2.78. The molecule has 16 heavy (non-hydrogen) atoms. The van der Waals surface area contributed by atoms with Crippen LogP contribution in [0.3, 0.4) is 0 Å². The summed E-state index contributed by atoms with van der Waals surface area (Å²) in [4.78, 5) is 4.45. The molecule has 2 aromatic heterocycles. The van der Waals surface area contributed by atoms with Crippen LogP contribution >= 0.6 is 0 Å². The van der Waals surface area contributed by atoms with E-state index in [-0.39, 0.29) is 5.54 Å². The smallest absolute Gasteiger partial charge is 0.157 e. The minimum absolute atomic E-state index is 0.106. The maximum atomic E-state index is 5.75. The second-order valence-corrected chi connectivity index (χ2v) is 4.19. The van der Waals surface area contributed by atoms with E-state index in [0.29, 0.717) is 6.54 Å². The van der Waals surface area contributed by atoms with Crippen LogP contribution in [-0.4, -0.2) is 26.7 Å². The van der Waals surface area contributed by atoms with Crippen molar-refractivity contribution in [1.29, 1.82) is 0 Å². The van der Waals surface area contributed by atoms with Crippen LogP contribution in [0.4, 0.5) is 5.82 Å². The van der Waals surface area contributed by atoms with Gasteiger partial charge in [0.25, 0.3) is 0 Å². The highest BCUT2D eigenvalue weighted by molar-refractivity contribution is 5.46. The fraction of sp³-hybridized carbons (Fsp3) is 0.455. The average Bonchev–Trinajstić information content (AvgIpc) is 2.76. The number of fused-ring (bicyclic) bond motifs is 1. The van der Waals surface area contributed by atoms with Crippen molar-refractivity contribution in [3.63, 3.8) is 0 Å². The first-order valence-electron chi connectivity index (χ1n) is 5.45. The summed E-state index contributed by atoms with van der Waals surface area (Å²) >= 11 is 0. The molecule has 3 N–H and O–H groups in total. The zero-order valence-corrected chi connectivity index (χ0v) is 9.64. The lowest BCUT2D eigenvalue weighted by atomic mass is 9.99. The molecule has 0 aliphatic heterocycles. The minimum Gasteiger partial charge on any atom is -0.364 e. The van der Waals surface area contributed by atoms with Crippen LogP contribution in [0.2, 0.25) is 0 Å². The molecule has 0 amide bonds. The van der Waals surface area contributed by atoms with E-state index >= 15 is 0 Å².